The van der Waals surface area contributed by atoms with Gasteiger partial charge in [-0.15, -0.1) is 10.2 Å². The fraction of sp³-hybridized carbons (Fsp3) is 0.438. The Balaban J connectivity index is 2.17. The van der Waals surface area contributed by atoms with Gasteiger partial charge in [-0.05, 0) is 25.0 Å². The zero-order valence-corrected chi connectivity index (χ0v) is 15.5. The third-order valence-corrected chi connectivity index (χ3v) is 4.27. The van der Waals surface area contributed by atoms with Gasteiger partial charge in [-0.25, -0.2) is 0 Å². The maximum atomic E-state index is 12.4. The molecule has 0 bridgehead atoms. The number of nitrogens with zero attached hydrogens (tertiary/aromatic N) is 2. The summed E-state index contributed by atoms with van der Waals surface area (Å²) < 4.78 is 10.9. The number of aryl methyl sites for hydroxylation is 1. The molecule has 1 aromatic carbocycles. The van der Waals surface area contributed by atoms with Crippen LogP contribution in [-0.2, 0) is 6.42 Å². The number of hydrogen-bond acceptors (Lipinski definition) is 6. The molecule has 0 spiro atoms. The lowest BCUT2D eigenvalue weighted by molar-refractivity contribution is 0.102. The van der Waals surface area contributed by atoms with Crippen molar-refractivity contribution in [3.63, 3.8) is 0 Å². The zero-order chi connectivity index (χ0) is 17.5. The van der Waals surface area contributed by atoms with Crippen molar-refractivity contribution < 1.29 is 14.3 Å². The average Bonchev–Trinajstić information content (AvgIpc) is 3.00. The lowest BCUT2D eigenvalue weighted by Gasteiger charge is -2.13. The van der Waals surface area contributed by atoms with Crippen molar-refractivity contribution in [1.29, 1.82) is 0 Å². The zero-order valence-electron chi connectivity index (χ0n) is 13.9. The van der Waals surface area contributed by atoms with Crippen LogP contribution in [0.5, 0.6) is 11.5 Å². The van der Waals surface area contributed by atoms with Crippen molar-refractivity contribution in [2.24, 2.45) is 0 Å². The lowest BCUT2D eigenvalue weighted by Crippen LogP contribution is -2.12. The van der Waals surface area contributed by atoms with Crippen molar-refractivity contribution in [3.05, 3.63) is 27.7 Å². The molecule has 0 atom stereocenters. The molecule has 2 aromatic rings. The highest BCUT2D eigenvalue weighted by molar-refractivity contribution is 7.15. The maximum Gasteiger partial charge on any atom is 0.257 e. The summed E-state index contributed by atoms with van der Waals surface area (Å²) in [5.74, 6) is 0.542. The van der Waals surface area contributed by atoms with E-state index in [0.717, 1.165) is 24.3 Å². The molecule has 6 nitrogen and oxygen atoms in total. The van der Waals surface area contributed by atoms with Crippen molar-refractivity contribution in [3.8, 4) is 11.5 Å². The lowest BCUT2D eigenvalue weighted by atomic mass is 10.2. The van der Waals surface area contributed by atoms with Crippen molar-refractivity contribution >= 4 is 34.0 Å². The van der Waals surface area contributed by atoms with Gasteiger partial charge in [0.1, 0.15) is 5.01 Å². The first-order valence-electron chi connectivity index (χ1n) is 7.73. The van der Waals surface area contributed by atoms with Gasteiger partial charge in [0.15, 0.2) is 11.5 Å². The number of rotatable bonds is 8. The summed E-state index contributed by atoms with van der Waals surface area (Å²) in [6.07, 6.45) is 2.67. The first-order valence-corrected chi connectivity index (χ1v) is 8.92. The van der Waals surface area contributed by atoms with E-state index in [1.54, 1.807) is 12.1 Å². The van der Waals surface area contributed by atoms with Gasteiger partial charge < -0.3 is 9.47 Å². The minimum atomic E-state index is -0.323. The Kier molecular flexibility index (Phi) is 6.81. The summed E-state index contributed by atoms with van der Waals surface area (Å²) in [4.78, 5) is 12.4. The molecule has 0 aliphatic heterocycles. The van der Waals surface area contributed by atoms with E-state index >= 15 is 0 Å². The van der Waals surface area contributed by atoms with Crippen LogP contribution in [0.15, 0.2) is 12.1 Å². The number of hydrogen-bond donors (Lipinski definition) is 1. The van der Waals surface area contributed by atoms with E-state index in [2.05, 4.69) is 22.4 Å². The molecule has 8 heteroatoms. The van der Waals surface area contributed by atoms with E-state index in [0.29, 0.717) is 33.8 Å². The molecule has 1 aromatic heterocycles. The van der Waals surface area contributed by atoms with E-state index in [1.807, 2.05) is 6.92 Å². The van der Waals surface area contributed by atoms with E-state index in [4.69, 9.17) is 21.1 Å². The van der Waals surface area contributed by atoms with E-state index in [9.17, 15) is 4.79 Å². The second kappa shape index (κ2) is 8.84. The monoisotopic (exact) mass is 369 g/mol. The molecular formula is C16H20ClN3O3S. The first-order chi connectivity index (χ1) is 11.6. The largest absolute Gasteiger partial charge is 0.493 e. The number of ether oxygens (including phenoxy) is 2. The SMILES string of the molecule is CCCOc1c(Cl)cc(C(=O)Nc2nnc(CCC)s2)cc1OC. The Bertz CT molecular complexity index is 706. The van der Waals surface area contributed by atoms with Crippen LogP contribution in [0, 0.1) is 0 Å². The molecule has 0 saturated carbocycles. The number of anilines is 1. The number of benzene rings is 1. The Morgan fingerprint density at radius 3 is 2.75 bits per heavy atom. The predicted molar refractivity (Wildman–Crippen MR) is 95.6 cm³/mol. The van der Waals surface area contributed by atoms with Crippen LogP contribution in [0.4, 0.5) is 5.13 Å². The van der Waals surface area contributed by atoms with Gasteiger partial charge in [0.05, 0.1) is 18.7 Å². The first kappa shape index (κ1) is 18.5. The molecule has 0 aliphatic carbocycles. The highest BCUT2D eigenvalue weighted by atomic mass is 35.5. The van der Waals surface area contributed by atoms with Crippen molar-refractivity contribution in [2.75, 3.05) is 19.0 Å². The van der Waals surface area contributed by atoms with Crippen LogP contribution in [0.2, 0.25) is 5.02 Å². The van der Waals surface area contributed by atoms with Crippen LogP contribution in [0.1, 0.15) is 42.1 Å². The number of carbonyl (C=O) groups excluding carboxylic acids is 1. The standard InChI is InChI=1S/C16H20ClN3O3S/c1-4-6-13-19-20-16(24-13)18-15(21)10-8-11(17)14(23-7-5-2)12(9-10)22-3/h8-9H,4-7H2,1-3H3,(H,18,20,21). The number of aromatic nitrogens is 2. The third kappa shape index (κ3) is 4.58. The second-order valence-electron chi connectivity index (χ2n) is 5.04. The molecule has 130 valence electrons. The Hall–Kier alpha value is -1.86. The molecule has 0 radical (unpaired) electrons. The summed E-state index contributed by atoms with van der Waals surface area (Å²) in [7, 11) is 1.51. The van der Waals surface area contributed by atoms with Gasteiger partial charge in [0.25, 0.3) is 5.91 Å². The van der Waals surface area contributed by atoms with Crippen LogP contribution in [-0.4, -0.2) is 29.8 Å². The Labute approximate surface area is 150 Å². The predicted octanol–water partition coefficient (Wildman–Crippen LogP) is 4.19. The van der Waals surface area contributed by atoms with Gasteiger partial charge in [-0.2, -0.15) is 0 Å². The second-order valence-corrected chi connectivity index (χ2v) is 6.51. The van der Waals surface area contributed by atoms with Gasteiger partial charge in [-0.1, -0.05) is 36.8 Å². The van der Waals surface area contributed by atoms with E-state index in [-0.39, 0.29) is 5.91 Å². The van der Waals surface area contributed by atoms with E-state index < -0.39 is 0 Å². The van der Waals surface area contributed by atoms with Crippen LogP contribution >= 0.6 is 22.9 Å². The normalized spacial score (nSPS) is 10.5. The Morgan fingerprint density at radius 1 is 1.29 bits per heavy atom. The molecule has 0 fully saturated rings. The van der Waals surface area contributed by atoms with Crippen LogP contribution in [0.25, 0.3) is 0 Å². The molecule has 0 unspecified atom stereocenters. The molecule has 24 heavy (non-hydrogen) atoms. The van der Waals surface area contributed by atoms with E-state index in [1.165, 1.54) is 18.4 Å². The molecular weight excluding hydrogens is 350 g/mol. The fourth-order valence-electron chi connectivity index (χ4n) is 1.98. The van der Waals surface area contributed by atoms with Crippen LogP contribution < -0.4 is 14.8 Å². The molecule has 0 aliphatic rings. The van der Waals surface area contributed by atoms with Crippen molar-refractivity contribution in [2.45, 2.75) is 33.1 Å². The number of halogens is 1. The summed E-state index contributed by atoms with van der Waals surface area (Å²) in [6, 6.07) is 3.15. The Morgan fingerprint density at radius 2 is 2.08 bits per heavy atom. The topological polar surface area (TPSA) is 73.3 Å². The van der Waals surface area contributed by atoms with Gasteiger partial charge in [0, 0.05) is 12.0 Å². The smallest absolute Gasteiger partial charge is 0.257 e. The minimum Gasteiger partial charge on any atom is -0.493 e. The maximum absolute atomic E-state index is 12.4. The summed E-state index contributed by atoms with van der Waals surface area (Å²) >= 11 is 7.60. The van der Waals surface area contributed by atoms with Crippen LogP contribution in [0.3, 0.4) is 0 Å². The molecule has 2 rings (SSSR count). The average molecular weight is 370 g/mol. The number of methoxy groups -OCH3 is 1. The number of carbonyl (C=O) groups is 1. The minimum absolute atomic E-state index is 0.323. The molecule has 1 heterocycles. The van der Waals surface area contributed by atoms with Crippen molar-refractivity contribution in [1.82, 2.24) is 10.2 Å². The fourth-order valence-corrected chi connectivity index (χ4v) is 3.09. The van der Waals surface area contributed by atoms with Gasteiger partial charge >= 0.3 is 0 Å². The third-order valence-electron chi connectivity index (χ3n) is 3.09. The summed E-state index contributed by atoms with van der Waals surface area (Å²) in [5.41, 5.74) is 0.368. The molecule has 1 amide bonds. The molecule has 1 N–H and O–H groups in total. The summed E-state index contributed by atoms with van der Waals surface area (Å²) in [6.45, 7) is 4.58. The summed E-state index contributed by atoms with van der Waals surface area (Å²) in [5, 5.41) is 12.4. The highest BCUT2D eigenvalue weighted by Gasteiger charge is 2.17. The quantitative estimate of drug-likeness (QED) is 0.755. The highest BCUT2D eigenvalue weighted by Crippen LogP contribution is 2.36. The number of nitrogens with one attached hydrogen (secondary N) is 1. The van der Waals surface area contributed by atoms with Gasteiger partial charge in [-0.3, -0.25) is 10.1 Å². The number of amides is 1. The van der Waals surface area contributed by atoms with Gasteiger partial charge in [0.2, 0.25) is 5.13 Å². The molecule has 0 saturated heterocycles.